The van der Waals surface area contributed by atoms with Crippen molar-refractivity contribution in [3.63, 3.8) is 0 Å². The number of H-pyrrole nitrogens is 1. The molecule has 1 amide bonds. The molecule has 0 atom stereocenters. The number of carboxylic acids is 1. The molecule has 3 rings (SSSR count). The van der Waals surface area contributed by atoms with Crippen molar-refractivity contribution in [1.82, 2.24) is 19.9 Å². The van der Waals surface area contributed by atoms with E-state index < -0.39 is 23.9 Å². The fourth-order valence-corrected chi connectivity index (χ4v) is 3.80. The summed E-state index contributed by atoms with van der Waals surface area (Å²) in [6.45, 7) is -0.599. The van der Waals surface area contributed by atoms with Crippen LogP contribution in [0.15, 0.2) is 40.4 Å². The van der Waals surface area contributed by atoms with E-state index in [9.17, 15) is 14.4 Å². The van der Waals surface area contributed by atoms with E-state index >= 15 is 0 Å². The van der Waals surface area contributed by atoms with Gasteiger partial charge in [0, 0.05) is 21.9 Å². The van der Waals surface area contributed by atoms with E-state index in [4.69, 9.17) is 28.3 Å². The molecule has 0 aliphatic heterocycles. The number of rotatable bonds is 6. The highest BCUT2D eigenvalue weighted by atomic mass is 35.5. The first-order valence-corrected chi connectivity index (χ1v) is 9.27. The van der Waals surface area contributed by atoms with E-state index in [2.05, 4.69) is 15.4 Å². The van der Waals surface area contributed by atoms with Gasteiger partial charge in [-0.1, -0.05) is 23.2 Å². The van der Waals surface area contributed by atoms with Gasteiger partial charge in [-0.15, -0.1) is 11.8 Å². The van der Waals surface area contributed by atoms with Crippen LogP contribution in [-0.2, 0) is 10.5 Å². The molecule has 2 heterocycles. The minimum absolute atomic E-state index is 0.102. The number of fused-ring (bicyclic) bond motifs is 1. The van der Waals surface area contributed by atoms with Crippen LogP contribution < -0.4 is 10.7 Å². The van der Waals surface area contributed by atoms with Crippen molar-refractivity contribution in [1.29, 1.82) is 0 Å². The molecule has 0 saturated carbocycles. The Balaban J connectivity index is 1.92. The molecule has 11 heteroatoms. The van der Waals surface area contributed by atoms with Gasteiger partial charge in [0.1, 0.15) is 23.5 Å². The first-order chi connectivity index (χ1) is 12.9. The summed E-state index contributed by atoms with van der Waals surface area (Å²) >= 11 is 13.4. The summed E-state index contributed by atoms with van der Waals surface area (Å²) in [5, 5.41) is 15.3. The molecule has 1 aromatic carbocycles. The number of aromatic nitrogens is 3. The summed E-state index contributed by atoms with van der Waals surface area (Å²) in [7, 11) is 0. The summed E-state index contributed by atoms with van der Waals surface area (Å²) in [5.74, 6) is -1.58. The Kier molecular flexibility index (Phi) is 5.73. The minimum Gasteiger partial charge on any atom is -0.480 e. The fraction of sp³-hybridized carbons (Fsp3) is 0.125. The third-order valence-electron chi connectivity index (χ3n) is 3.54. The predicted molar refractivity (Wildman–Crippen MR) is 102 cm³/mol. The van der Waals surface area contributed by atoms with Gasteiger partial charge < -0.3 is 10.4 Å². The number of benzene rings is 1. The summed E-state index contributed by atoms with van der Waals surface area (Å²) in [4.78, 5) is 39.2. The van der Waals surface area contributed by atoms with Gasteiger partial charge >= 0.3 is 5.97 Å². The van der Waals surface area contributed by atoms with Gasteiger partial charge in [0.25, 0.3) is 5.91 Å². The van der Waals surface area contributed by atoms with E-state index in [0.29, 0.717) is 20.8 Å². The maximum Gasteiger partial charge on any atom is 0.322 e. The highest BCUT2D eigenvalue weighted by molar-refractivity contribution is 7.98. The Labute approximate surface area is 166 Å². The predicted octanol–water partition coefficient (Wildman–Crippen LogP) is 2.44. The number of hydrogen-bond acceptors (Lipinski definition) is 5. The van der Waals surface area contributed by atoms with Crippen LogP contribution >= 0.6 is 35.0 Å². The third-order valence-corrected chi connectivity index (χ3v) is 5.20. The molecular formula is C16H12Cl2N4O4S. The number of thioether (sulfide) groups is 1. The average Bonchev–Trinajstić information content (AvgIpc) is 3.09. The number of halogens is 2. The molecule has 0 fully saturated rings. The van der Waals surface area contributed by atoms with Crippen LogP contribution in [0, 0.1) is 0 Å². The molecule has 8 nitrogen and oxygen atoms in total. The quantitative estimate of drug-likeness (QED) is 0.521. The van der Waals surface area contributed by atoms with Crippen molar-refractivity contribution in [2.75, 3.05) is 6.54 Å². The summed E-state index contributed by atoms with van der Waals surface area (Å²) < 4.78 is 1.47. The van der Waals surface area contributed by atoms with Crippen LogP contribution in [0.25, 0.3) is 5.65 Å². The Morgan fingerprint density at radius 2 is 2.07 bits per heavy atom. The molecule has 2 aromatic heterocycles. The lowest BCUT2D eigenvalue weighted by molar-refractivity contribution is -0.135. The van der Waals surface area contributed by atoms with Gasteiger partial charge in [-0.3, -0.25) is 19.5 Å². The lowest BCUT2D eigenvalue weighted by atomic mass is 10.2. The number of nitrogens with zero attached hydrogens (tertiary/aromatic N) is 2. The molecule has 0 aliphatic carbocycles. The van der Waals surface area contributed by atoms with Crippen molar-refractivity contribution in [3.8, 4) is 0 Å². The zero-order chi connectivity index (χ0) is 19.6. The molecule has 0 aliphatic rings. The van der Waals surface area contributed by atoms with Crippen LogP contribution in [0.2, 0.25) is 10.0 Å². The normalized spacial score (nSPS) is 10.9. The maximum atomic E-state index is 12.4. The molecule has 140 valence electrons. The van der Waals surface area contributed by atoms with Crippen LogP contribution in [0.3, 0.4) is 0 Å². The van der Waals surface area contributed by atoms with Crippen LogP contribution in [0.4, 0.5) is 0 Å². The SMILES string of the molecule is O=C(O)CNC(=O)c1c(=O)cc(SCc2cc(Cl)ccc2Cl)n2[nH]cnc12. The first kappa shape index (κ1) is 19.3. The average molecular weight is 427 g/mol. The van der Waals surface area contributed by atoms with Crippen LogP contribution in [0.5, 0.6) is 0 Å². The number of pyridine rings is 1. The van der Waals surface area contributed by atoms with Crippen LogP contribution in [-0.4, -0.2) is 38.1 Å². The zero-order valence-electron chi connectivity index (χ0n) is 13.5. The van der Waals surface area contributed by atoms with Gasteiger partial charge in [-0.05, 0) is 23.8 Å². The van der Waals surface area contributed by atoms with Gasteiger partial charge in [0.2, 0.25) is 0 Å². The van der Waals surface area contributed by atoms with Gasteiger partial charge in [0.15, 0.2) is 11.1 Å². The summed E-state index contributed by atoms with van der Waals surface area (Å²) in [6, 6.07) is 6.38. The second-order valence-electron chi connectivity index (χ2n) is 5.37. The number of amides is 1. The highest BCUT2D eigenvalue weighted by Crippen LogP contribution is 2.28. The lowest BCUT2D eigenvalue weighted by Crippen LogP contribution is -2.33. The zero-order valence-corrected chi connectivity index (χ0v) is 15.9. The monoisotopic (exact) mass is 426 g/mol. The molecule has 3 N–H and O–H groups in total. The van der Waals surface area contributed by atoms with Crippen molar-refractivity contribution >= 4 is 52.5 Å². The molecule has 0 radical (unpaired) electrons. The highest BCUT2D eigenvalue weighted by Gasteiger charge is 2.20. The number of carbonyl (C=O) groups excluding carboxylic acids is 1. The van der Waals surface area contributed by atoms with E-state index in [1.807, 2.05) is 0 Å². The topological polar surface area (TPSA) is 117 Å². The Bertz CT molecular complexity index is 1100. The molecule has 0 unspecified atom stereocenters. The Morgan fingerprint density at radius 1 is 1.30 bits per heavy atom. The summed E-state index contributed by atoms with van der Waals surface area (Å²) in [5.41, 5.74) is 0.0931. The number of carboxylic acid groups (broad SMARTS) is 1. The van der Waals surface area contributed by atoms with Crippen molar-refractivity contribution in [2.24, 2.45) is 0 Å². The largest absolute Gasteiger partial charge is 0.480 e. The molecule has 27 heavy (non-hydrogen) atoms. The molecule has 3 aromatic rings. The van der Waals surface area contributed by atoms with Gasteiger partial charge in [-0.2, -0.15) is 0 Å². The fourth-order valence-electron chi connectivity index (χ4n) is 2.34. The molecular weight excluding hydrogens is 415 g/mol. The van der Waals surface area contributed by atoms with Gasteiger partial charge in [0.05, 0.1) is 0 Å². The second kappa shape index (κ2) is 8.03. The Hall–Kier alpha value is -2.49. The van der Waals surface area contributed by atoms with Crippen molar-refractivity contribution in [3.05, 3.63) is 62.0 Å². The van der Waals surface area contributed by atoms with E-state index in [1.165, 1.54) is 28.7 Å². The van der Waals surface area contributed by atoms with E-state index in [1.54, 1.807) is 18.2 Å². The van der Waals surface area contributed by atoms with Gasteiger partial charge in [-0.25, -0.2) is 9.50 Å². The second-order valence-corrected chi connectivity index (χ2v) is 7.21. The van der Waals surface area contributed by atoms with Crippen LogP contribution in [0.1, 0.15) is 15.9 Å². The van der Waals surface area contributed by atoms with E-state index in [-0.39, 0.29) is 11.2 Å². The third kappa shape index (κ3) is 4.26. The number of aliphatic carboxylic acids is 1. The van der Waals surface area contributed by atoms with Crippen molar-refractivity contribution in [2.45, 2.75) is 10.8 Å². The standard InChI is InChI=1S/C16H12Cl2N4O4S/c17-9-1-2-10(18)8(3-9)6-27-12-4-11(23)14(15-20-7-21-22(12)15)16(26)19-5-13(24)25/h1-4,7H,5-6H2,(H,19,26)(H,20,21)(H,24,25). The van der Waals surface area contributed by atoms with Crippen molar-refractivity contribution < 1.29 is 14.7 Å². The number of carbonyl (C=O) groups is 2. The Morgan fingerprint density at radius 3 is 2.81 bits per heavy atom. The number of hydrogen-bond donors (Lipinski definition) is 3. The number of aromatic amines is 1. The maximum absolute atomic E-state index is 12.4. The smallest absolute Gasteiger partial charge is 0.322 e. The molecule has 0 bridgehead atoms. The lowest BCUT2D eigenvalue weighted by Gasteiger charge is -2.09. The number of nitrogens with one attached hydrogen (secondary N) is 2. The minimum atomic E-state index is -1.22. The first-order valence-electron chi connectivity index (χ1n) is 7.52. The van der Waals surface area contributed by atoms with E-state index in [0.717, 1.165) is 5.56 Å². The molecule has 0 spiro atoms. The summed E-state index contributed by atoms with van der Waals surface area (Å²) in [6.07, 6.45) is 1.33. The molecule has 0 saturated heterocycles.